The van der Waals surface area contributed by atoms with Crippen molar-refractivity contribution in [2.75, 3.05) is 7.11 Å². The summed E-state index contributed by atoms with van der Waals surface area (Å²) in [6.07, 6.45) is 0.166. The average Bonchev–Trinajstić information content (AvgIpc) is 2.80. The third kappa shape index (κ3) is 2.33. The van der Waals surface area contributed by atoms with Gasteiger partial charge in [-0.05, 0) is 30.3 Å². The standard InChI is InChI=1S/C18H17NO3/c1-19-16-6-4-3-5-14(16)15(18(19)21)11-17(20)12-7-9-13(22-2)10-8-12/h3-10,21H,11H2,1-2H3. The Hall–Kier alpha value is -2.75. The number of aromatic nitrogens is 1. The van der Waals surface area contributed by atoms with Crippen molar-refractivity contribution in [3.8, 4) is 11.6 Å². The number of ketones is 1. The Morgan fingerprint density at radius 3 is 2.50 bits per heavy atom. The van der Waals surface area contributed by atoms with E-state index in [1.807, 2.05) is 24.3 Å². The fourth-order valence-electron chi connectivity index (χ4n) is 2.67. The molecule has 3 rings (SSSR count). The fourth-order valence-corrected chi connectivity index (χ4v) is 2.67. The second-order valence-electron chi connectivity index (χ2n) is 5.21. The molecule has 0 aliphatic rings. The van der Waals surface area contributed by atoms with Gasteiger partial charge in [0.25, 0.3) is 0 Å². The van der Waals surface area contributed by atoms with Crippen molar-refractivity contribution in [3.63, 3.8) is 0 Å². The first-order chi connectivity index (χ1) is 10.6. The largest absolute Gasteiger partial charge is 0.497 e. The van der Waals surface area contributed by atoms with Crippen molar-refractivity contribution in [2.24, 2.45) is 7.05 Å². The summed E-state index contributed by atoms with van der Waals surface area (Å²) in [5.74, 6) is 0.821. The van der Waals surface area contributed by atoms with E-state index in [2.05, 4.69) is 0 Å². The van der Waals surface area contributed by atoms with E-state index in [9.17, 15) is 9.90 Å². The minimum absolute atomic E-state index is 0.0330. The van der Waals surface area contributed by atoms with Crippen molar-refractivity contribution >= 4 is 16.7 Å². The number of benzene rings is 2. The van der Waals surface area contributed by atoms with Crippen LogP contribution < -0.4 is 4.74 Å². The lowest BCUT2D eigenvalue weighted by atomic mass is 10.0. The highest BCUT2D eigenvalue weighted by Gasteiger charge is 2.17. The molecule has 0 unspecified atom stereocenters. The number of para-hydroxylation sites is 1. The third-order valence-corrected chi connectivity index (χ3v) is 3.93. The number of fused-ring (bicyclic) bond motifs is 1. The zero-order chi connectivity index (χ0) is 15.7. The summed E-state index contributed by atoms with van der Waals surface area (Å²) in [6.45, 7) is 0. The van der Waals surface area contributed by atoms with Crippen LogP contribution in [0, 0.1) is 0 Å². The van der Waals surface area contributed by atoms with Gasteiger partial charge in [-0.3, -0.25) is 4.79 Å². The van der Waals surface area contributed by atoms with Crippen LogP contribution >= 0.6 is 0 Å². The lowest BCUT2D eigenvalue weighted by molar-refractivity contribution is 0.0992. The molecule has 0 spiro atoms. The van der Waals surface area contributed by atoms with Crippen LogP contribution in [0.15, 0.2) is 48.5 Å². The Morgan fingerprint density at radius 2 is 1.82 bits per heavy atom. The van der Waals surface area contributed by atoms with E-state index in [4.69, 9.17) is 4.74 Å². The van der Waals surface area contributed by atoms with Crippen LogP contribution in [-0.4, -0.2) is 22.6 Å². The summed E-state index contributed by atoms with van der Waals surface area (Å²) in [5.41, 5.74) is 2.18. The molecule has 1 N–H and O–H groups in total. The molecule has 4 heteroatoms. The van der Waals surface area contributed by atoms with E-state index in [1.54, 1.807) is 43.0 Å². The number of ether oxygens (including phenoxy) is 1. The summed E-state index contributed by atoms with van der Waals surface area (Å²) in [6, 6.07) is 14.7. The molecule has 2 aromatic carbocycles. The van der Waals surface area contributed by atoms with Gasteiger partial charge < -0.3 is 14.4 Å². The van der Waals surface area contributed by atoms with Gasteiger partial charge in [-0.2, -0.15) is 0 Å². The van der Waals surface area contributed by atoms with Crippen molar-refractivity contribution in [1.29, 1.82) is 0 Å². The summed E-state index contributed by atoms with van der Waals surface area (Å²) >= 11 is 0. The van der Waals surface area contributed by atoms with Gasteiger partial charge in [-0.25, -0.2) is 0 Å². The van der Waals surface area contributed by atoms with Crippen molar-refractivity contribution in [2.45, 2.75) is 6.42 Å². The molecule has 22 heavy (non-hydrogen) atoms. The highest BCUT2D eigenvalue weighted by Crippen LogP contribution is 2.31. The van der Waals surface area contributed by atoms with Crippen LogP contribution in [0.25, 0.3) is 10.9 Å². The SMILES string of the molecule is COc1ccc(C(=O)Cc2c(O)n(C)c3ccccc23)cc1. The van der Waals surface area contributed by atoms with E-state index in [0.717, 1.165) is 10.9 Å². The van der Waals surface area contributed by atoms with E-state index in [0.29, 0.717) is 16.9 Å². The number of hydrogen-bond acceptors (Lipinski definition) is 3. The van der Waals surface area contributed by atoms with Crippen LogP contribution in [-0.2, 0) is 13.5 Å². The van der Waals surface area contributed by atoms with E-state index in [1.165, 1.54) is 0 Å². The number of Topliss-reactive ketones (excluding diaryl/α,β-unsaturated/α-hetero) is 1. The lowest BCUT2D eigenvalue weighted by Crippen LogP contribution is -2.03. The summed E-state index contributed by atoms with van der Waals surface area (Å²) < 4.78 is 6.79. The third-order valence-electron chi connectivity index (χ3n) is 3.93. The van der Waals surface area contributed by atoms with E-state index in [-0.39, 0.29) is 18.1 Å². The first-order valence-electron chi connectivity index (χ1n) is 7.04. The van der Waals surface area contributed by atoms with Crippen molar-refractivity contribution in [3.05, 3.63) is 59.7 Å². The second kappa shape index (κ2) is 5.56. The number of methoxy groups -OCH3 is 1. The predicted molar refractivity (Wildman–Crippen MR) is 85.6 cm³/mol. The number of carbonyl (C=O) groups excluding carboxylic acids is 1. The Balaban J connectivity index is 1.95. The number of aryl methyl sites for hydroxylation is 1. The summed E-state index contributed by atoms with van der Waals surface area (Å²) in [7, 11) is 3.38. The maximum Gasteiger partial charge on any atom is 0.195 e. The molecular formula is C18H17NO3. The smallest absolute Gasteiger partial charge is 0.195 e. The van der Waals surface area contributed by atoms with Gasteiger partial charge >= 0.3 is 0 Å². The molecule has 0 atom stereocenters. The Bertz CT molecular complexity index is 831. The monoisotopic (exact) mass is 295 g/mol. The van der Waals surface area contributed by atoms with Gasteiger partial charge in [-0.1, -0.05) is 18.2 Å². The van der Waals surface area contributed by atoms with Gasteiger partial charge in [0.05, 0.1) is 12.6 Å². The molecule has 0 bridgehead atoms. The van der Waals surface area contributed by atoms with Gasteiger partial charge in [0.15, 0.2) is 11.7 Å². The number of rotatable bonds is 4. The van der Waals surface area contributed by atoms with Crippen LogP contribution in [0.5, 0.6) is 11.6 Å². The maximum atomic E-state index is 12.5. The number of nitrogens with zero attached hydrogens (tertiary/aromatic N) is 1. The van der Waals surface area contributed by atoms with E-state index >= 15 is 0 Å². The van der Waals surface area contributed by atoms with Crippen LogP contribution in [0.2, 0.25) is 0 Å². The van der Waals surface area contributed by atoms with Gasteiger partial charge in [0.1, 0.15) is 5.75 Å². The van der Waals surface area contributed by atoms with Gasteiger partial charge in [-0.15, -0.1) is 0 Å². The Labute approximate surface area is 128 Å². The molecule has 1 heterocycles. The lowest BCUT2D eigenvalue weighted by Gasteiger charge is -2.03. The minimum atomic E-state index is -0.0330. The molecule has 112 valence electrons. The molecule has 0 fully saturated rings. The predicted octanol–water partition coefficient (Wildman–Crippen LogP) is 3.32. The van der Waals surface area contributed by atoms with Crippen molar-refractivity contribution < 1.29 is 14.6 Å². The zero-order valence-electron chi connectivity index (χ0n) is 12.5. The van der Waals surface area contributed by atoms with Gasteiger partial charge in [0.2, 0.25) is 0 Å². The topological polar surface area (TPSA) is 51.5 Å². The molecule has 0 aliphatic heterocycles. The Morgan fingerprint density at radius 1 is 1.14 bits per heavy atom. The molecule has 0 saturated carbocycles. The molecule has 0 radical (unpaired) electrons. The Kier molecular flexibility index (Phi) is 3.59. The zero-order valence-corrected chi connectivity index (χ0v) is 12.5. The highest BCUT2D eigenvalue weighted by molar-refractivity contribution is 6.01. The molecular weight excluding hydrogens is 278 g/mol. The summed E-state index contributed by atoms with van der Waals surface area (Å²) in [4.78, 5) is 12.5. The quantitative estimate of drug-likeness (QED) is 0.751. The fraction of sp³-hybridized carbons (Fsp3) is 0.167. The number of aromatic hydroxyl groups is 1. The molecule has 4 nitrogen and oxygen atoms in total. The van der Waals surface area contributed by atoms with Crippen LogP contribution in [0.1, 0.15) is 15.9 Å². The molecule has 0 amide bonds. The number of carbonyl (C=O) groups is 1. The first-order valence-corrected chi connectivity index (χ1v) is 7.04. The normalized spacial score (nSPS) is 10.8. The second-order valence-corrected chi connectivity index (χ2v) is 5.21. The maximum absolute atomic E-state index is 12.5. The summed E-state index contributed by atoms with van der Waals surface area (Å²) in [5, 5.41) is 11.2. The molecule has 0 saturated heterocycles. The number of hydrogen-bond donors (Lipinski definition) is 1. The average molecular weight is 295 g/mol. The van der Waals surface area contributed by atoms with Gasteiger partial charge in [0, 0.05) is 30.0 Å². The van der Waals surface area contributed by atoms with E-state index < -0.39 is 0 Å². The molecule has 3 aromatic rings. The van der Waals surface area contributed by atoms with Crippen LogP contribution in [0.3, 0.4) is 0 Å². The first kappa shape index (κ1) is 14.2. The molecule has 0 aliphatic carbocycles. The van der Waals surface area contributed by atoms with Crippen molar-refractivity contribution in [1.82, 2.24) is 4.57 Å². The minimum Gasteiger partial charge on any atom is -0.497 e. The molecule has 1 aromatic heterocycles. The highest BCUT2D eigenvalue weighted by atomic mass is 16.5. The van der Waals surface area contributed by atoms with Crippen LogP contribution in [0.4, 0.5) is 0 Å².